The fourth-order valence-corrected chi connectivity index (χ4v) is 6.67. The molecule has 2 heterocycles. The van der Waals surface area contributed by atoms with Crippen LogP contribution in [0.15, 0.2) is 85.1 Å². The number of halogens is 1. The number of carboxylic acids is 1. The number of nitrogens with zero attached hydrogens (tertiary/aromatic N) is 1. The van der Waals surface area contributed by atoms with Crippen LogP contribution in [0.2, 0.25) is 0 Å². The third-order valence-corrected chi connectivity index (χ3v) is 9.14. The van der Waals surface area contributed by atoms with Gasteiger partial charge in [-0.15, -0.1) is 0 Å². The second-order valence-corrected chi connectivity index (χ2v) is 11.9. The predicted octanol–water partition coefficient (Wildman–Crippen LogP) is 8.39. The number of hydrogen-bond acceptors (Lipinski definition) is 4. The normalized spacial score (nSPS) is 17.3. The van der Waals surface area contributed by atoms with Gasteiger partial charge in [0.05, 0.1) is 18.5 Å². The average molecular weight is 592 g/mol. The van der Waals surface area contributed by atoms with Crippen LogP contribution < -0.4 is 14.2 Å². The van der Waals surface area contributed by atoms with Gasteiger partial charge in [0.15, 0.2) is 17.6 Å². The lowest BCUT2D eigenvalue weighted by molar-refractivity contribution is -0.142. The van der Waals surface area contributed by atoms with E-state index in [1.807, 2.05) is 49.6 Å². The van der Waals surface area contributed by atoms with Gasteiger partial charge in [-0.05, 0) is 89.4 Å². The van der Waals surface area contributed by atoms with E-state index in [9.17, 15) is 9.90 Å². The number of ether oxygens (including phenoxy) is 3. The van der Waals surface area contributed by atoms with Crippen molar-refractivity contribution in [2.24, 2.45) is 18.9 Å². The summed E-state index contributed by atoms with van der Waals surface area (Å²) in [6, 6.07) is 24.8. The lowest BCUT2D eigenvalue weighted by atomic mass is 9.83. The van der Waals surface area contributed by atoms with E-state index < -0.39 is 18.0 Å². The predicted molar refractivity (Wildman–Crippen MR) is 168 cm³/mol. The lowest BCUT2D eigenvalue weighted by Crippen LogP contribution is -2.23. The van der Waals surface area contributed by atoms with Crippen LogP contribution in [-0.4, -0.2) is 29.4 Å². The van der Waals surface area contributed by atoms with Crippen molar-refractivity contribution in [3.05, 3.63) is 102 Å². The lowest BCUT2D eigenvalue weighted by Gasteiger charge is -2.29. The Bertz CT molecular complexity index is 1890. The summed E-state index contributed by atoms with van der Waals surface area (Å²) >= 11 is 0. The molecule has 1 N–H and O–H groups in total. The number of methoxy groups -OCH3 is 1. The molecule has 1 fully saturated rings. The van der Waals surface area contributed by atoms with Crippen molar-refractivity contribution in [2.45, 2.75) is 31.8 Å². The van der Waals surface area contributed by atoms with Crippen LogP contribution in [0, 0.1) is 17.7 Å². The van der Waals surface area contributed by atoms with Gasteiger partial charge in [0.2, 0.25) is 0 Å². The monoisotopic (exact) mass is 591 g/mol. The summed E-state index contributed by atoms with van der Waals surface area (Å²) in [7, 11) is 3.58. The quantitative estimate of drug-likeness (QED) is 0.196. The molecule has 1 aliphatic carbocycles. The van der Waals surface area contributed by atoms with Crippen molar-refractivity contribution in [1.82, 2.24) is 4.57 Å². The maximum atomic E-state index is 15.4. The smallest absolute Gasteiger partial charge is 0.306 e. The fraction of sp³-hybridized carbons (Fsp3) is 0.270. The van der Waals surface area contributed by atoms with Crippen LogP contribution in [-0.2, 0) is 11.8 Å². The third-order valence-electron chi connectivity index (χ3n) is 9.14. The van der Waals surface area contributed by atoms with E-state index in [1.54, 1.807) is 26.2 Å². The van der Waals surface area contributed by atoms with Crippen molar-refractivity contribution < 1.29 is 28.5 Å². The van der Waals surface area contributed by atoms with E-state index in [1.165, 1.54) is 6.07 Å². The first-order valence-corrected chi connectivity index (χ1v) is 15.0. The number of carboxylic acid groups (broad SMARTS) is 1. The van der Waals surface area contributed by atoms with Gasteiger partial charge in [-0.25, -0.2) is 4.39 Å². The minimum Gasteiger partial charge on any atom is -0.497 e. The summed E-state index contributed by atoms with van der Waals surface area (Å²) in [6.07, 6.45) is 3.69. The van der Waals surface area contributed by atoms with Gasteiger partial charge >= 0.3 is 5.97 Å². The van der Waals surface area contributed by atoms with E-state index in [0.29, 0.717) is 35.3 Å². The second kappa shape index (κ2) is 11.1. The number of aryl methyl sites for hydroxylation is 1. The molecule has 2 aliphatic rings. The van der Waals surface area contributed by atoms with Crippen molar-refractivity contribution in [2.75, 3.05) is 13.7 Å². The molecule has 3 atom stereocenters. The Hall–Kier alpha value is -4.78. The maximum absolute atomic E-state index is 15.4. The highest BCUT2D eigenvalue weighted by atomic mass is 19.1. The Balaban J connectivity index is 1.31. The summed E-state index contributed by atoms with van der Waals surface area (Å²) in [5, 5.41) is 10.9. The zero-order valence-corrected chi connectivity index (χ0v) is 24.9. The largest absolute Gasteiger partial charge is 0.497 e. The van der Waals surface area contributed by atoms with Crippen molar-refractivity contribution >= 4 is 16.9 Å². The minimum absolute atomic E-state index is 0.0730. The molecule has 1 unspecified atom stereocenters. The number of fused-ring (bicyclic) bond motifs is 2. The molecule has 0 bridgehead atoms. The molecule has 6 nitrogen and oxygen atoms in total. The Morgan fingerprint density at radius 3 is 2.57 bits per heavy atom. The Morgan fingerprint density at radius 2 is 1.80 bits per heavy atom. The highest BCUT2D eigenvalue weighted by molar-refractivity contribution is 5.99. The SMILES string of the molecule is COc1ccc(F)c(-c2ccc([C@@H]3COc4ccc(C(C5CC5)[C@H](C)C(=O)O)cc4O3)cc2-c2cccc3ccn(C)c23)c1. The standard InChI is InChI=1S/C37H34FNO5/c1-21(37(40)41)35(22-7-8-22)25-10-14-32-33(18-25)44-34(20-43-32)24-9-12-27(30-19-26(42-3)11-13-31(30)38)29(17-24)28-6-4-5-23-15-16-39(2)36(23)28/h4-6,9-19,21-22,34-35H,7-8,20H2,1-3H3,(H,40,41)/t21-,34-,35?/m0/s1. The van der Waals surface area contributed by atoms with Gasteiger partial charge in [0.25, 0.3) is 0 Å². The van der Waals surface area contributed by atoms with Gasteiger partial charge in [0, 0.05) is 29.8 Å². The summed E-state index contributed by atoms with van der Waals surface area (Å²) in [6.45, 7) is 2.09. The Labute approximate surface area is 255 Å². The van der Waals surface area contributed by atoms with Crippen molar-refractivity contribution in [1.29, 1.82) is 0 Å². The molecule has 4 aromatic carbocycles. The van der Waals surface area contributed by atoms with Gasteiger partial charge in [-0.1, -0.05) is 43.3 Å². The molecule has 0 amide bonds. The first-order chi connectivity index (χ1) is 21.3. The summed E-state index contributed by atoms with van der Waals surface area (Å²) in [5.41, 5.74) is 5.94. The molecule has 7 rings (SSSR count). The maximum Gasteiger partial charge on any atom is 0.306 e. The molecule has 224 valence electrons. The average Bonchev–Trinajstić information content (AvgIpc) is 3.81. The van der Waals surface area contributed by atoms with Crippen LogP contribution >= 0.6 is 0 Å². The molecule has 0 spiro atoms. The number of aromatic nitrogens is 1. The molecule has 1 aliphatic heterocycles. The van der Waals surface area contributed by atoms with Gasteiger partial charge in [0.1, 0.15) is 18.2 Å². The molecule has 0 radical (unpaired) electrons. The first-order valence-electron chi connectivity index (χ1n) is 15.0. The number of para-hydroxylation sites is 1. The van der Waals surface area contributed by atoms with E-state index >= 15 is 4.39 Å². The number of aliphatic carboxylic acids is 1. The molecule has 1 aromatic heterocycles. The van der Waals surface area contributed by atoms with E-state index in [0.717, 1.165) is 51.6 Å². The topological polar surface area (TPSA) is 69.9 Å². The molecule has 1 saturated carbocycles. The number of rotatable bonds is 8. The van der Waals surface area contributed by atoms with Crippen LogP contribution in [0.25, 0.3) is 33.2 Å². The third kappa shape index (κ3) is 4.96. The minimum atomic E-state index is -0.789. The van der Waals surface area contributed by atoms with Gasteiger partial charge < -0.3 is 23.9 Å². The number of benzene rings is 4. The highest BCUT2D eigenvalue weighted by Crippen LogP contribution is 2.49. The van der Waals surface area contributed by atoms with Crippen LogP contribution in [0.5, 0.6) is 17.2 Å². The van der Waals surface area contributed by atoms with E-state index in [4.69, 9.17) is 14.2 Å². The molecule has 5 aromatic rings. The fourth-order valence-electron chi connectivity index (χ4n) is 6.67. The highest BCUT2D eigenvalue weighted by Gasteiger charge is 2.39. The molecule has 0 saturated heterocycles. The van der Waals surface area contributed by atoms with Gasteiger partial charge in [-0.2, -0.15) is 0 Å². The summed E-state index contributed by atoms with van der Waals surface area (Å²) in [4.78, 5) is 11.9. The summed E-state index contributed by atoms with van der Waals surface area (Å²) < 4.78 is 35.6. The molecular formula is C37H34FNO5. The van der Waals surface area contributed by atoms with Crippen molar-refractivity contribution in [3.8, 4) is 39.5 Å². The molecule has 44 heavy (non-hydrogen) atoms. The molecular weight excluding hydrogens is 557 g/mol. The Kier molecular flexibility index (Phi) is 7.04. The van der Waals surface area contributed by atoms with E-state index in [-0.39, 0.29) is 11.7 Å². The number of carbonyl (C=O) groups is 1. The zero-order valence-electron chi connectivity index (χ0n) is 24.9. The van der Waals surface area contributed by atoms with E-state index in [2.05, 4.69) is 28.8 Å². The second-order valence-electron chi connectivity index (χ2n) is 11.9. The first kappa shape index (κ1) is 28.0. The van der Waals surface area contributed by atoms with Crippen LogP contribution in [0.4, 0.5) is 4.39 Å². The van der Waals surface area contributed by atoms with Gasteiger partial charge in [-0.3, -0.25) is 4.79 Å². The van der Waals surface area contributed by atoms with Crippen molar-refractivity contribution in [3.63, 3.8) is 0 Å². The summed E-state index contributed by atoms with van der Waals surface area (Å²) in [5.74, 6) is 0.506. The zero-order chi connectivity index (χ0) is 30.5. The van der Waals surface area contributed by atoms with Crippen LogP contribution in [0.1, 0.15) is 42.9 Å². The van der Waals surface area contributed by atoms with Crippen LogP contribution in [0.3, 0.4) is 0 Å². The number of hydrogen-bond donors (Lipinski definition) is 1. The molecule has 7 heteroatoms. The Morgan fingerprint density at radius 1 is 0.955 bits per heavy atom.